The molecule has 1 heterocycles. The second-order valence-electron chi connectivity index (χ2n) is 6.23. The number of rotatable bonds is 9. The van der Waals surface area contributed by atoms with E-state index in [9.17, 15) is 23.5 Å². The maximum absolute atomic E-state index is 13.4. The molecule has 2 rings (SSSR count). The summed E-state index contributed by atoms with van der Waals surface area (Å²) in [6.45, 7) is 1.25. The number of carbonyl (C=O) groups is 2. The summed E-state index contributed by atoms with van der Waals surface area (Å²) in [7, 11) is 0. The van der Waals surface area contributed by atoms with Gasteiger partial charge in [0.1, 0.15) is 5.82 Å². The molecule has 1 aromatic rings. The van der Waals surface area contributed by atoms with Crippen molar-refractivity contribution in [2.75, 3.05) is 26.4 Å². The van der Waals surface area contributed by atoms with Gasteiger partial charge in [-0.15, -0.1) is 0 Å². The van der Waals surface area contributed by atoms with E-state index < -0.39 is 23.5 Å². The van der Waals surface area contributed by atoms with Crippen LogP contribution in [0, 0.1) is 23.5 Å². The highest BCUT2D eigenvalue weighted by Gasteiger charge is 2.29. The molecule has 1 atom stereocenters. The zero-order valence-electron chi connectivity index (χ0n) is 14.4. The molecule has 1 aromatic carbocycles. The quantitative estimate of drug-likeness (QED) is 0.651. The molecule has 0 saturated carbocycles. The van der Waals surface area contributed by atoms with Gasteiger partial charge in [0.05, 0.1) is 12.5 Å². The average molecular weight is 371 g/mol. The lowest BCUT2D eigenvalue weighted by molar-refractivity contribution is -0.145. The molecule has 0 radical (unpaired) electrons. The van der Waals surface area contributed by atoms with Crippen LogP contribution in [0.25, 0.3) is 0 Å². The Bertz CT molecular complexity index is 620. The molecule has 2 N–H and O–H groups in total. The van der Waals surface area contributed by atoms with Gasteiger partial charge in [0, 0.05) is 32.2 Å². The van der Waals surface area contributed by atoms with Crippen molar-refractivity contribution in [1.29, 1.82) is 0 Å². The smallest absolute Gasteiger partial charge is 0.308 e. The van der Waals surface area contributed by atoms with E-state index >= 15 is 0 Å². The number of ether oxygens (including phenoxy) is 2. The maximum atomic E-state index is 13.4. The molecule has 1 amide bonds. The topological polar surface area (TPSA) is 84.9 Å². The minimum Gasteiger partial charge on any atom is -0.491 e. The normalized spacial score (nSPS) is 16.1. The van der Waals surface area contributed by atoms with Gasteiger partial charge < -0.3 is 19.9 Å². The number of benzene rings is 1. The molecule has 0 aromatic heterocycles. The summed E-state index contributed by atoms with van der Waals surface area (Å²) in [5, 5.41) is 12.0. The number of carboxylic acids is 1. The largest absolute Gasteiger partial charge is 0.491 e. The van der Waals surface area contributed by atoms with Crippen molar-refractivity contribution < 1.29 is 33.0 Å². The van der Waals surface area contributed by atoms with Gasteiger partial charge in [-0.3, -0.25) is 9.59 Å². The molecule has 1 aliphatic rings. The molecule has 1 unspecified atom stereocenters. The number of nitrogens with one attached hydrogen (secondary N) is 1. The van der Waals surface area contributed by atoms with E-state index in [1.807, 2.05) is 0 Å². The molecule has 8 heteroatoms. The van der Waals surface area contributed by atoms with Crippen molar-refractivity contribution in [2.24, 2.45) is 11.8 Å². The van der Waals surface area contributed by atoms with Crippen LogP contribution in [0.5, 0.6) is 5.75 Å². The first-order valence-corrected chi connectivity index (χ1v) is 8.62. The summed E-state index contributed by atoms with van der Waals surface area (Å²) in [4.78, 5) is 23.3. The van der Waals surface area contributed by atoms with Crippen LogP contribution in [-0.2, 0) is 14.3 Å². The number of hydrogen-bond donors (Lipinski definition) is 2. The molecule has 6 nitrogen and oxygen atoms in total. The van der Waals surface area contributed by atoms with Gasteiger partial charge in [-0.2, -0.15) is 0 Å². The van der Waals surface area contributed by atoms with Crippen LogP contribution in [0.15, 0.2) is 18.2 Å². The zero-order valence-corrected chi connectivity index (χ0v) is 14.4. The van der Waals surface area contributed by atoms with E-state index in [1.165, 1.54) is 6.07 Å². The van der Waals surface area contributed by atoms with Gasteiger partial charge in [0.25, 0.3) is 0 Å². The molecule has 0 spiro atoms. The molecule has 1 saturated heterocycles. The van der Waals surface area contributed by atoms with E-state index in [4.69, 9.17) is 9.47 Å². The highest BCUT2D eigenvalue weighted by atomic mass is 19.1. The van der Waals surface area contributed by atoms with Crippen molar-refractivity contribution in [2.45, 2.75) is 25.7 Å². The fraction of sp³-hybridized carbons (Fsp3) is 0.556. The van der Waals surface area contributed by atoms with Crippen LogP contribution in [0.1, 0.15) is 25.7 Å². The van der Waals surface area contributed by atoms with Crippen molar-refractivity contribution >= 4 is 11.9 Å². The molecule has 144 valence electrons. The Labute approximate surface area is 150 Å². The Morgan fingerprint density at radius 2 is 2.04 bits per heavy atom. The summed E-state index contributed by atoms with van der Waals surface area (Å²) in [5.74, 6) is -3.41. The zero-order chi connectivity index (χ0) is 18.9. The fourth-order valence-electron chi connectivity index (χ4n) is 2.89. The van der Waals surface area contributed by atoms with Crippen LogP contribution >= 0.6 is 0 Å². The van der Waals surface area contributed by atoms with Crippen LogP contribution < -0.4 is 10.1 Å². The third-order valence-electron chi connectivity index (χ3n) is 4.37. The van der Waals surface area contributed by atoms with Gasteiger partial charge >= 0.3 is 5.97 Å². The first kappa shape index (κ1) is 20.1. The second-order valence-corrected chi connectivity index (χ2v) is 6.23. The van der Waals surface area contributed by atoms with Crippen molar-refractivity contribution in [3.05, 3.63) is 29.8 Å². The first-order valence-electron chi connectivity index (χ1n) is 8.62. The van der Waals surface area contributed by atoms with Crippen LogP contribution in [0.3, 0.4) is 0 Å². The summed E-state index contributed by atoms with van der Waals surface area (Å²) in [6.07, 6.45) is 1.80. The van der Waals surface area contributed by atoms with Gasteiger partial charge in [-0.05, 0) is 37.3 Å². The van der Waals surface area contributed by atoms with E-state index in [1.54, 1.807) is 0 Å². The highest BCUT2D eigenvalue weighted by Crippen LogP contribution is 2.23. The Morgan fingerprint density at radius 3 is 2.69 bits per heavy atom. The maximum Gasteiger partial charge on any atom is 0.308 e. The predicted molar refractivity (Wildman–Crippen MR) is 88.8 cm³/mol. The first-order chi connectivity index (χ1) is 12.5. The van der Waals surface area contributed by atoms with E-state index in [0.717, 1.165) is 12.1 Å². The van der Waals surface area contributed by atoms with Crippen LogP contribution in [0.2, 0.25) is 0 Å². The lowest BCUT2D eigenvalue weighted by atomic mass is 9.86. The Balaban J connectivity index is 1.68. The molecular formula is C18H23F2NO5. The van der Waals surface area contributed by atoms with Crippen molar-refractivity contribution in [1.82, 2.24) is 5.32 Å². The second kappa shape index (κ2) is 10.1. The monoisotopic (exact) mass is 371 g/mol. The van der Waals surface area contributed by atoms with Crippen LogP contribution in [-0.4, -0.2) is 43.3 Å². The summed E-state index contributed by atoms with van der Waals surface area (Å²) >= 11 is 0. The summed E-state index contributed by atoms with van der Waals surface area (Å²) < 4.78 is 36.6. The Morgan fingerprint density at radius 1 is 1.31 bits per heavy atom. The number of hydrogen-bond acceptors (Lipinski definition) is 4. The Kier molecular flexibility index (Phi) is 7.77. The molecule has 1 fully saturated rings. The van der Waals surface area contributed by atoms with E-state index in [0.29, 0.717) is 32.5 Å². The number of carboxylic acid groups (broad SMARTS) is 1. The standard InChI is InChI=1S/C18H23F2NO5/c19-13-3-4-16(15(20)10-13)26-7-1-2-17(22)21-11-14(18(23)24)12-5-8-25-9-6-12/h3-4,10,12,14H,1-2,5-9,11H2,(H,21,22)(H,23,24). The summed E-state index contributed by atoms with van der Waals surface area (Å²) in [6, 6.07) is 3.01. The van der Waals surface area contributed by atoms with Crippen molar-refractivity contribution in [3.63, 3.8) is 0 Å². The van der Waals surface area contributed by atoms with Crippen molar-refractivity contribution in [3.8, 4) is 5.75 Å². The SMILES string of the molecule is O=C(CCCOc1ccc(F)cc1F)NCC(C(=O)O)C1CCOCC1. The molecule has 1 aliphatic heterocycles. The number of amides is 1. The number of halogens is 2. The van der Waals surface area contributed by atoms with Gasteiger partial charge in [0.15, 0.2) is 11.6 Å². The number of carbonyl (C=O) groups excluding carboxylic acids is 1. The number of aliphatic carboxylic acids is 1. The highest BCUT2D eigenvalue weighted by molar-refractivity contribution is 5.77. The minimum atomic E-state index is -0.924. The molecule has 0 bridgehead atoms. The molecule has 0 aliphatic carbocycles. The third-order valence-corrected chi connectivity index (χ3v) is 4.37. The minimum absolute atomic E-state index is 0.00802. The van der Waals surface area contributed by atoms with E-state index in [2.05, 4.69) is 5.32 Å². The lowest BCUT2D eigenvalue weighted by Crippen LogP contribution is -2.39. The van der Waals surface area contributed by atoms with Gasteiger partial charge in [-0.1, -0.05) is 0 Å². The lowest BCUT2D eigenvalue weighted by Gasteiger charge is -2.27. The third kappa shape index (κ3) is 6.25. The molecule has 26 heavy (non-hydrogen) atoms. The van der Waals surface area contributed by atoms with Crippen LogP contribution in [0.4, 0.5) is 8.78 Å². The predicted octanol–water partition coefficient (Wildman–Crippen LogP) is 2.37. The molecular weight excluding hydrogens is 348 g/mol. The Hall–Kier alpha value is -2.22. The van der Waals surface area contributed by atoms with Gasteiger partial charge in [0.2, 0.25) is 5.91 Å². The van der Waals surface area contributed by atoms with Gasteiger partial charge in [-0.25, -0.2) is 8.78 Å². The summed E-state index contributed by atoms with van der Waals surface area (Å²) in [5.41, 5.74) is 0. The fourth-order valence-corrected chi connectivity index (χ4v) is 2.89. The average Bonchev–Trinajstić information content (AvgIpc) is 2.61. The van der Waals surface area contributed by atoms with E-state index in [-0.39, 0.29) is 37.1 Å².